The van der Waals surface area contributed by atoms with Crippen molar-refractivity contribution in [2.45, 2.75) is 4.90 Å². The molecular weight excluding hydrogens is 146 g/mol. The first-order chi connectivity index (χ1) is 4.74. The van der Waals surface area contributed by atoms with Gasteiger partial charge in [0.05, 0.1) is 0 Å². The molecule has 0 spiro atoms. The first-order valence-corrected chi connectivity index (χ1v) is 3.22. The molecule has 0 saturated carbocycles. The summed E-state index contributed by atoms with van der Waals surface area (Å²) in [6.45, 7) is 0. The summed E-state index contributed by atoms with van der Waals surface area (Å²) in [6, 6.07) is 4.96. The topological polar surface area (TPSA) is 43.1 Å². The predicted octanol–water partition coefficient (Wildman–Crippen LogP) is 1.37. The minimum absolute atomic E-state index is 0.567. The minimum atomic E-state index is 0.567. The molecule has 0 amide bonds. The lowest BCUT2D eigenvalue weighted by atomic mass is 10.2. The number of carbonyl (C=O) groups is 1. The lowest BCUT2D eigenvalue weighted by Crippen LogP contribution is -1.87. The van der Waals surface area contributed by atoms with Crippen LogP contribution in [0.2, 0.25) is 0 Å². The van der Waals surface area contributed by atoms with Gasteiger partial charge in [0.15, 0.2) is 6.29 Å². The molecule has 1 aromatic rings. The Kier molecular flexibility index (Phi) is 1.97. The van der Waals surface area contributed by atoms with Crippen LogP contribution in [0.25, 0.3) is 0 Å². The number of thiol groups is 1. The van der Waals surface area contributed by atoms with Gasteiger partial charge in [-0.05, 0) is 18.2 Å². The van der Waals surface area contributed by atoms with Gasteiger partial charge in [-0.3, -0.25) is 4.79 Å². The molecule has 52 valence electrons. The van der Waals surface area contributed by atoms with Gasteiger partial charge in [-0.1, -0.05) is 0 Å². The number of rotatable bonds is 1. The fourth-order valence-electron chi connectivity index (χ4n) is 0.660. The Hall–Kier alpha value is -0.960. The van der Waals surface area contributed by atoms with Crippen LogP contribution < -0.4 is 5.73 Å². The lowest BCUT2D eigenvalue weighted by Gasteiger charge is -1.96. The average Bonchev–Trinajstić information content (AvgIpc) is 1.88. The molecule has 0 fully saturated rings. The van der Waals surface area contributed by atoms with Crippen LogP contribution in [0, 0.1) is 0 Å². The van der Waals surface area contributed by atoms with Crippen molar-refractivity contribution in [3.05, 3.63) is 23.8 Å². The number of nitrogens with two attached hydrogens (primary N) is 1. The molecule has 1 rings (SSSR count). The first kappa shape index (κ1) is 7.15. The van der Waals surface area contributed by atoms with Gasteiger partial charge in [0.1, 0.15) is 0 Å². The molecule has 0 unspecified atom stereocenters. The normalized spacial score (nSPS) is 9.30. The van der Waals surface area contributed by atoms with E-state index in [-0.39, 0.29) is 0 Å². The Bertz CT molecular complexity index is 260. The molecule has 2 nitrogen and oxygen atoms in total. The van der Waals surface area contributed by atoms with Crippen molar-refractivity contribution in [2.24, 2.45) is 0 Å². The molecule has 0 heterocycles. The largest absolute Gasteiger partial charge is 0.399 e. The van der Waals surface area contributed by atoms with Crippen molar-refractivity contribution in [3.63, 3.8) is 0 Å². The zero-order chi connectivity index (χ0) is 7.56. The number of hydrogen-bond donors (Lipinski definition) is 2. The van der Waals surface area contributed by atoms with Gasteiger partial charge in [0, 0.05) is 16.1 Å². The summed E-state index contributed by atoms with van der Waals surface area (Å²) in [4.78, 5) is 10.9. The molecule has 0 aromatic heterocycles. The summed E-state index contributed by atoms with van der Waals surface area (Å²) < 4.78 is 0. The maximum absolute atomic E-state index is 10.2. The highest BCUT2D eigenvalue weighted by molar-refractivity contribution is 7.80. The highest BCUT2D eigenvalue weighted by Crippen LogP contribution is 2.14. The quantitative estimate of drug-likeness (QED) is 0.363. The van der Waals surface area contributed by atoms with Crippen LogP contribution in [0.3, 0.4) is 0 Å². The molecule has 0 atom stereocenters. The molecule has 2 N–H and O–H groups in total. The molecule has 1 aromatic carbocycles. The van der Waals surface area contributed by atoms with E-state index in [0.717, 1.165) is 6.29 Å². The Balaban J connectivity index is 3.19. The van der Waals surface area contributed by atoms with E-state index >= 15 is 0 Å². The van der Waals surface area contributed by atoms with Crippen molar-refractivity contribution >= 4 is 24.6 Å². The monoisotopic (exact) mass is 153 g/mol. The smallest absolute Gasteiger partial charge is 0.151 e. The van der Waals surface area contributed by atoms with Gasteiger partial charge >= 0.3 is 0 Å². The molecule has 10 heavy (non-hydrogen) atoms. The summed E-state index contributed by atoms with van der Waals surface area (Å²) in [5, 5.41) is 0. The third-order valence-electron chi connectivity index (χ3n) is 1.18. The zero-order valence-corrected chi connectivity index (χ0v) is 6.14. The van der Waals surface area contributed by atoms with Gasteiger partial charge in [-0.2, -0.15) is 0 Å². The number of nitrogen functional groups attached to an aromatic ring is 1. The van der Waals surface area contributed by atoms with Gasteiger partial charge in [-0.25, -0.2) is 0 Å². The third-order valence-corrected chi connectivity index (χ3v) is 1.57. The predicted molar refractivity (Wildman–Crippen MR) is 43.5 cm³/mol. The fraction of sp³-hybridized carbons (Fsp3) is 0. The molecule has 3 heteroatoms. The van der Waals surface area contributed by atoms with Gasteiger partial charge in [0.2, 0.25) is 0 Å². The van der Waals surface area contributed by atoms with Crippen molar-refractivity contribution < 1.29 is 4.79 Å². The number of anilines is 1. The number of benzene rings is 1. The second kappa shape index (κ2) is 2.75. The minimum Gasteiger partial charge on any atom is -0.399 e. The molecular formula is C7H7NOS. The highest BCUT2D eigenvalue weighted by Gasteiger charge is 1.95. The molecule has 0 radical (unpaired) electrons. The zero-order valence-electron chi connectivity index (χ0n) is 5.24. The second-order valence-corrected chi connectivity index (χ2v) is 2.42. The molecule has 0 aliphatic rings. The van der Waals surface area contributed by atoms with E-state index in [2.05, 4.69) is 12.6 Å². The average molecular weight is 153 g/mol. The van der Waals surface area contributed by atoms with E-state index in [1.165, 1.54) is 0 Å². The fourth-order valence-corrected chi connectivity index (χ4v) is 0.937. The SMILES string of the molecule is Nc1ccc(C=O)c(S)c1. The van der Waals surface area contributed by atoms with Crippen LogP contribution >= 0.6 is 12.6 Å². The van der Waals surface area contributed by atoms with Crippen LogP contribution in [0.15, 0.2) is 23.1 Å². The summed E-state index contributed by atoms with van der Waals surface area (Å²) in [7, 11) is 0. The first-order valence-electron chi connectivity index (χ1n) is 2.77. The van der Waals surface area contributed by atoms with Crippen molar-refractivity contribution in [3.8, 4) is 0 Å². The maximum atomic E-state index is 10.2. The van der Waals surface area contributed by atoms with E-state index in [4.69, 9.17) is 5.73 Å². The van der Waals surface area contributed by atoms with Crippen LogP contribution in [-0.2, 0) is 0 Å². The Morgan fingerprint density at radius 3 is 2.70 bits per heavy atom. The van der Waals surface area contributed by atoms with Crippen LogP contribution in [0.4, 0.5) is 5.69 Å². The molecule has 0 aliphatic carbocycles. The van der Waals surface area contributed by atoms with Crippen molar-refractivity contribution in [1.29, 1.82) is 0 Å². The van der Waals surface area contributed by atoms with Crippen LogP contribution in [0.5, 0.6) is 0 Å². The summed E-state index contributed by atoms with van der Waals surface area (Å²) >= 11 is 4.04. The molecule has 0 aliphatic heterocycles. The molecule has 0 saturated heterocycles. The van der Waals surface area contributed by atoms with Crippen molar-refractivity contribution in [2.75, 3.05) is 5.73 Å². The van der Waals surface area contributed by atoms with E-state index in [9.17, 15) is 4.79 Å². The number of carbonyl (C=O) groups excluding carboxylic acids is 1. The summed E-state index contributed by atoms with van der Waals surface area (Å²) in [5.74, 6) is 0. The van der Waals surface area contributed by atoms with E-state index in [1.54, 1.807) is 18.2 Å². The summed E-state index contributed by atoms with van der Waals surface area (Å²) in [6.07, 6.45) is 0.752. The highest BCUT2D eigenvalue weighted by atomic mass is 32.1. The van der Waals surface area contributed by atoms with Crippen LogP contribution in [0.1, 0.15) is 10.4 Å². The lowest BCUT2D eigenvalue weighted by molar-refractivity contribution is 0.112. The number of hydrogen-bond acceptors (Lipinski definition) is 3. The van der Waals surface area contributed by atoms with Crippen molar-refractivity contribution in [1.82, 2.24) is 0 Å². The van der Waals surface area contributed by atoms with E-state index in [1.807, 2.05) is 0 Å². The van der Waals surface area contributed by atoms with E-state index in [0.29, 0.717) is 16.1 Å². The second-order valence-electron chi connectivity index (χ2n) is 1.94. The van der Waals surface area contributed by atoms with Gasteiger partial charge < -0.3 is 5.73 Å². The number of aldehydes is 1. The van der Waals surface area contributed by atoms with Gasteiger partial charge in [0.25, 0.3) is 0 Å². The van der Waals surface area contributed by atoms with Crippen LogP contribution in [-0.4, -0.2) is 6.29 Å². The Morgan fingerprint density at radius 1 is 1.50 bits per heavy atom. The molecule has 0 bridgehead atoms. The summed E-state index contributed by atoms with van der Waals surface area (Å²) in [5.41, 5.74) is 6.61. The van der Waals surface area contributed by atoms with E-state index < -0.39 is 0 Å². The third kappa shape index (κ3) is 1.30. The van der Waals surface area contributed by atoms with Gasteiger partial charge in [-0.15, -0.1) is 12.6 Å². The standard InChI is InChI=1S/C7H7NOS/c8-6-2-1-5(4-9)7(10)3-6/h1-4,10H,8H2. The Labute approximate surface area is 64.5 Å². The Morgan fingerprint density at radius 2 is 2.20 bits per heavy atom. The maximum Gasteiger partial charge on any atom is 0.151 e.